The summed E-state index contributed by atoms with van der Waals surface area (Å²) >= 11 is 9.00. The number of carbonyl (C=O) groups excluding carboxylic acids is 1. The molecular formula is C58H84N4O2S5. The van der Waals surface area contributed by atoms with Gasteiger partial charge in [0.25, 0.3) is 0 Å². The van der Waals surface area contributed by atoms with Gasteiger partial charge in [0.05, 0.1) is 74.0 Å². The standard InChI is InChI=1S/C58H84N4O2S5/c1-8-14-18-20-22-24-26-28-30-34-41-43(38-63)65-56-50-54(66-52(41)56)44-46-47(60-69-59-46)45-49(48(44)61(50)36-39(12-5)32-16-10-3)62(37-40(13-6)33-17-11-4)51-55(45)67-53-42(58(64-7)68-57(51)53)35-31-29-27-25-23-21-19-15-9-2/h38-40H,8-37H2,1-7H3. The van der Waals surface area contributed by atoms with E-state index < -0.39 is 0 Å². The third kappa shape index (κ3) is 11.2. The van der Waals surface area contributed by atoms with E-state index in [0.29, 0.717) is 11.8 Å². The van der Waals surface area contributed by atoms with Gasteiger partial charge in [0, 0.05) is 29.4 Å². The normalized spacial score (nSPS) is 13.4. The molecule has 0 aliphatic heterocycles. The first-order valence-electron chi connectivity index (χ1n) is 28.0. The molecule has 0 fully saturated rings. The number of aryl methyl sites for hydroxylation is 2. The van der Waals surface area contributed by atoms with Crippen LogP contribution in [0.1, 0.15) is 229 Å². The minimum atomic E-state index is 0.555. The molecule has 0 saturated heterocycles. The lowest BCUT2D eigenvalue weighted by atomic mass is 9.99. The molecule has 0 aliphatic carbocycles. The Labute approximate surface area is 434 Å². The van der Waals surface area contributed by atoms with Crippen molar-refractivity contribution in [1.29, 1.82) is 0 Å². The lowest BCUT2D eigenvalue weighted by Crippen LogP contribution is -2.13. The van der Waals surface area contributed by atoms with Gasteiger partial charge in [-0.15, -0.1) is 34.0 Å². The summed E-state index contributed by atoms with van der Waals surface area (Å²) in [6.07, 6.45) is 36.7. The zero-order valence-corrected chi connectivity index (χ0v) is 47.7. The Bertz CT molecular complexity index is 2880. The number of thiophene rings is 4. The molecular weight excluding hydrogens is 945 g/mol. The van der Waals surface area contributed by atoms with E-state index in [2.05, 4.69) is 50.7 Å². The number of benzene rings is 1. The molecule has 2 unspecified atom stereocenters. The topological polar surface area (TPSA) is 61.9 Å². The average Bonchev–Trinajstić information content (AvgIpc) is 4.24. The first-order chi connectivity index (χ1) is 34.0. The molecule has 0 bridgehead atoms. The van der Waals surface area contributed by atoms with Crippen LogP contribution in [0.5, 0.6) is 5.06 Å². The molecule has 378 valence electrons. The first kappa shape index (κ1) is 52.7. The van der Waals surface area contributed by atoms with Crippen molar-refractivity contribution < 1.29 is 9.53 Å². The van der Waals surface area contributed by atoms with Gasteiger partial charge in [0.2, 0.25) is 0 Å². The van der Waals surface area contributed by atoms with Crippen LogP contribution in [-0.2, 0) is 25.9 Å². The Morgan fingerprint density at radius 2 is 0.899 bits per heavy atom. The zero-order chi connectivity index (χ0) is 48.3. The van der Waals surface area contributed by atoms with E-state index in [1.807, 2.05) is 41.1 Å². The highest BCUT2D eigenvalue weighted by molar-refractivity contribution is 7.35. The van der Waals surface area contributed by atoms with Gasteiger partial charge in [0.1, 0.15) is 11.0 Å². The maximum absolute atomic E-state index is 13.0. The van der Waals surface area contributed by atoms with Crippen molar-refractivity contribution in [1.82, 2.24) is 17.9 Å². The molecule has 0 radical (unpaired) electrons. The lowest BCUT2D eigenvalue weighted by Gasteiger charge is -2.20. The van der Waals surface area contributed by atoms with Crippen LogP contribution in [0.25, 0.3) is 72.1 Å². The Morgan fingerprint density at radius 3 is 1.33 bits per heavy atom. The monoisotopic (exact) mass is 1030 g/mol. The highest BCUT2D eigenvalue weighted by atomic mass is 32.1. The summed E-state index contributed by atoms with van der Waals surface area (Å²) in [6.45, 7) is 16.0. The second kappa shape index (κ2) is 25.9. The maximum atomic E-state index is 13.0. The SMILES string of the molecule is CCCCCCCCCCCc1c(C=O)sc2c1sc1c3c4nsnc4c4c5sc6c(CCCCCCCCCCC)c(OC)sc6c5n(CC(CC)CCCC)c4c3n(CC(CC)CCCC)c21. The van der Waals surface area contributed by atoms with Gasteiger partial charge in [-0.2, -0.15) is 8.75 Å². The molecule has 11 heteroatoms. The second-order valence-electron chi connectivity index (χ2n) is 20.6. The molecule has 0 amide bonds. The Kier molecular flexibility index (Phi) is 19.8. The van der Waals surface area contributed by atoms with Gasteiger partial charge < -0.3 is 13.9 Å². The first-order valence-corrected chi connectivity index (χ1v) is 32.0. The van der Waals surface area contributed by atoms with Crippen LogP contribution in [0.15, 0.2) is 0 Å². The molecule has 69 heavy (non-hydrogen) atoms. The molecule has 1 aromatic carbocycles. The average molecular weight is 1030 g/mol. The predicted octanol–water partition coefficient (Wildman–Crippen LogP) is 20.9. The molecule has 7 heterocycles. The minimum Gasteiger partial charge on any atom is -0.487 e. The summed E-state index contributed by atoms with van der Waals surface area (Å²) in [5.41, 5.74) is 10.3. The van der Waals surface area contributed by atoms with Crippen LogP contribution in [0.3, 0.4) is 0 Å². The molecule has 0 aliphatic rings. The Hall–Kier alpha value is -2.57. The van der Waals surface area contributed by atoms with Crippen molar-refractivity contribution in [2.24, 2.45) is 11.8 Å². The maximum Gasteiger partial charge on any atom is 0.178 e. The molecule has 0 spiro atoms. The summed E-state index contributed by atoms with van der Waals surface area (Å²) in [7, 11) is 1.89. The van der Waals surface area contributed by atoms with Crippen molar-refractivity contribution in [3.63, 3.8) is 0 Å². The van der Waals surface area contributed by atoms with Crippen LogP contribution in [0.2, 0.25) is 0 Å². The Morgan fingerprint density at radius 1 is 0.478 bits per heavy atom. The number of rotatable bonds is 34. The zero-order valence-electron chi connectivity index (χ0n) is 43.6. The third-order valence-electron chi connectivity index (χ3n) is 15.7. The van der Waals surface area contributed by atoms with Crippen LogP contribution >= 0.6 is 57.1 Å². The fourth-order valence-corrected chi connectivity index (χ4v) is 17.8. The second-order valence-corrected chi connectivity index (χ2v) is 25.2. The van der Waals surface area contributed by atoms with E-state index in [4.69, 9.17) is 13.5 Å². The van der Waals surface area contributed by atoms with Crippen molar-refractivity contribution in [2.45, 2.75) is 234 Å². The smallest absolute Gasteiger partial charge is 0.178 e. The Balaban J connectivity index is 1.30. The van der Waals surface area contributed by atoms with Crippen molar-refractivity contribution in [3.05, 3.63) is 16.0 Å². The number of methoxy groups -OCH3 is 1. The van der Waals surface area contributed by atoms with Crippen LogP contribution < -0.4 is 4.74 Å². The molecule has 8 rings (SSSR count). The van der Waals surface area contributed by atoms with E-state index in [9.17, 15) is 4.79 Å². The summed E-state index contributed by atoms with van der Waals surface area (Å²) in [5.74, 6) is 1.13. The molecule has 6 nitrogen and oxygen atoms in total. The number of aldehydes is 1. The van der Waals surface area contributed by atoms with E-state index in [1.54, 1.807) is 11.3 Å². The highest BCUT2D eigenvalue weighted by Crippen LogP contribution is 2.55. The summed E-state index contributed by atoms with van der Waals surface area (Å²) in [6, 6.07) is 0. The van der Waals surface area contributed by atoms with Gasteiger partial charge in [0.15, 0.2) is 11.3 Å². The van der Waals surface area contributed by atoms with Crippen molar-refractivity contribution >= 4 is 135 Å². The highest BCUT2D eigenvalue weighted by Gasteiger charge is 2.33. The summed E-state index contributed by atoms with van der Waals surface area (Å²) < 4.78 is 30.6. The number of ether oxygens (including phenoxy) is 1. The molecule has 0 N–H and O–H groups in total. The van der Waals surface area contributed by atoms with E-state index in [-0.39, 0.29) is 0 Å². The fraction of sp³-hybridized carbons (Fsp3) is 0.672. The lowest BCUT2D eigenvalue weighted by molar-refractivity contribution is 0.112. The number of aromatic nitrogens is 4. The van der Waals surface area contributed by atoms with Gasteiger partial charge in [-0.05, 0) is 55.9 Å². The van der Waals surface area contributed by atoms with Crippen LogP contribution in [0.4, 0.5) is 0 Å². The number of carbonyl (C=O) groups is 1. The number of nitrogens with zero attached hydrogens (tertiary/aromatic N) is 4. The van der Waals surface area contributed by atoms with Gasteiger partial charge >= 0.3 is 0 Å². The van der Waals surface area contributed by atoms with Crippen molar-refractivity contribution in [2.75, 3.05) is 7.11 Å². The van der Waals surface area contributed by atoms with Gasteiger partial charge in [-0.1, -0.05) is 194 Å². The molecule has 8 aromatic rings. The number of hydrogen-bond donors (Lipinski definition) is 0. The van der Waals surface area contributed by atoms with E-state index in [0.717, 1.165) is 66.2 Å². The van der Waals surface area contributed by atoms with E-state index >= 15 is 0 Å². The molecule has 0 saturated carbocycles. The number of unbranched alkanes of at least 4 members (excludes halogenated alkanes) is 18. The minimum absolute atomic E-state index is 0.555. The quantitative estimate of drug-likeness (QED) is 0.0298. The number of fused-ring (bicyclic) bond motifs is 14. The largest absolute Gasteiger partial charge is 0.487 e. The van der Waals surface area contributed by atoms with Gasteiger partial charge in [-0.25, -0.2) is 0 Å². The van der Waals surface area contributed by atoms with E-state index in [1.165, 1.54) is 238 Å². The number of hydrogen-bond acceptors (Lipinski definition) is 9. The van der Waals surface area contributed by atoms with Crippen LogP contribution in [-0.4, -0.2) is 31.3 Å². The van der Waals surface area contributed by atoms with Crippen molar-refractivity contribution in [3.8, 4) is 5.06 Å². The fourth-order valence-electron chi connectivity index (χ4n) is 11.6. The summed E-state index contributed by atoms with van der Waals surface area (Å²) in [5, 5.41) is 3.71. The van der Waals surface area contributed by atoms with Crippen LogP contribution in [0, 0.1) is 11.8 Å². The molecule has 7 aromatic heterocycles. The third-order valence-corrected chi connectivity index (χ3v) is 21.4. The summed E-state index contributed by atoms with van der Waals surface area (Å²) in [4.78, 5) is 13.9. The van der Waals surface area contributed by atoms with Gasteiger partial charge in [-0.3, -0.25) is 4.79 Å². The molecule has 2 atom stereocenters. The predicted molar refractivity (Wildman–Crippen MR) is 310 cm³/mol.